The van der Waals surface area contributed by atoms with Crippen molar-refractivity contribution in [3.05, 3.63) is 35.9 Å². The van der Waals surface area contributed by atoms with Gasteiger partial charge in [-0.25, -0.2) is 0 Å². The van der Waals surface area contributed by atoms with Crippen molar-refractivity contribution in [3.63, 3.8) is 0 Å². The lowest BCUT2D eigenvalue weighted by Crippen LogP contribution is -2.53. The highest BCUT2D eigenvalue weighted by atomic mass is 15.2. The van der Waals surface area contributed by atoms with Crippen LogP contribution in [0.15, 0.2) is 30.3 Å². The van der Waals surface area contributed by atoms with Crippen molar-refractivity contribution < 1.29 is 0 Å². The predicted octanol–water partition coefficient (Wildman–Crippen LogP) is 2.82. The van der Waals surface area contributed by atoms with Crippen LogP contribution in [-0.4, -0.2) is 30.6 Å². The minimum atomic E-state index is 0.571. The van der Waals surface area contributed by atoms with Crippen LogP contribution in [0.5, 0.6) is 0 Å². The summed E-state index contributed by atoms with van der Waals surface area (Å²) in [6.07, 6.45) is 4.13. The van der Waals surface area contributed by atoms with Crippen molar-refractivity contribution in [1.82, 2.24) is 10.2 Å². The summed E-state index contributed by atoms with van der Waals surface area (Å²) in [5, 5.41) is 3.78. The molecule has 1 aliphatic carbocycles. The van der Waals surface area contributed by atoms with Crippen LogP contribution >= 0.6 is 0 Å². The predicted molar refractivity (Wildman–Crippen MR) is 75.6 cm³/mol. The van der Waals surface area contributed by atoms with Gasteiger partial charge in [0, 0.05) is 25.2 Å². The molecule has 0 bridgehead atoms. The number of nitrogens with one attached hydrogen (secondary N) is 1. The Hall–Kier alpha value is -0.860. The molecule has 18 heavy (non-hydrogen) atoms. The summed E-state index contributed by atoms with van der Waals surface area (Å²) in [7, 11) is 0. The van der Waals surface area contributed by atoms with E-state index in [0.717, 1.165) is 18.5 Å². The second kappa shape index (κ2) is 5.41. The van der Waals surface area contributed by atoms with E-state index >= 15 is 0 Å². The van der Waals surface area contributed by atoms with Crippen molar-refractivity contribution in [3.8, 4) is 0 Å². The monoisotopic (exact) mass is 244 g/mol. The molecule has 2 heteroatoms. The summed E-state index contributed by atoms with van der Waals surface area (Å²) in [4.78, 5) is 2.69. The van der Waals surface area contributed by atoms with Crippen LogP contribution in [0.3, 0.4) is 0 Å². The Kier molecular flexibility index (Phi) is 3.67. The third-order valence-corrected chi connectivity index (χ3v) is 4.33. The molecule has 0 spiro atoms. The first kappa shape index (κ1) is 12.2. The van der Waals surface area contributed by atoms with Crippen LogP contribution in [0.25, 0.3) is 0 Å². The molecular formula is C16H24N2. The zero-order valence-corrected chi connectivity index (χ0v) is 11.3. The molecule has 1 heterocycles. The molecule has 2 aliphatic rings. The Morgan fingerprint density at radius 3 is 2.67 bits per heavy atom. The van der Waals surface area contributed by atoms with Gasteiger partial charge < -0.3 is 5.32 Å². The SMILES string of the molecule is CCCN1CC(C2CC2)NCC1c1ccccc1. The van der Waals surface area contributed by atoms with E-state index < -0.39 is 0 Å². The lowest BCUT2D eigenvalue weighted by atomic mass is 9.99. The molecule has 2 atom stereocenters. The van der Waals surface area contributed by atoms with E-state index in [2.05, 4.69) is 47.5 Å². The van der Waals surface area contributed by atoms with Crippen molar-refractivity contribution in [2.24, 2.45) is 5.92 Å². The van der Waals surface area contributed by atoms with Gasteiger partial charge >= 0.3 is 0 Å². The second-order valence-corrected chi connectivity index (χ2v) is 5.77. The molecule has 2 unspecified atom stereocenters. The van der Waals surface area contributed by atoms with E-state index in [0.29, 0.717) is 6.04 Å². The summed E-state index contributed by atoms with van der Waals surface area (Å²) in [5.74, 6) is 0.959. The maximum Gasteiger partial charge on any atom is 0.0473 e. The Balaban J connectivity index is 1.72. The highest BCUT2D eigenvalue weighted by Crippen LogP contribution is 2.36. The van der Waals surface area contributed by atoms with Gasteiger partial charge in [-0.05, 0) is 37.3 Å². The molecule has 2 nitrogen and oxygen atoms in total. The lowest BCUT2D eigenvalue weighted by Gasteiger charge is -2.41. The second-order valence-electron chi connectivity index (χ2n) is 5.77. The van der Waals surface area contributed by atoms with Crippen molar-refractivity contribution in [2.45, 2.75) is 38.3 Å². The van der Waals surface area contributed by atoms with E-state index in [-0.39, 0.29) is 0 Å². The van der Waals surface area contributed by atoms with Gasteiger partial charge in [-0.3, -0.25) is 4.90 Å². The largest absolute Gasteiger partial charge is 0.311 e. The molecule has 2 fully saturated rings. The van der Waals surface area contributed by atoms with E-state index in [4.69, 9.17) is 0 Å². The molecule has 1 aliphatic heterocycles. The lowest BCUT2D eigenvalue weighted by molar-refractivity contribution is 0.122. The third-order valence-electron chi connectivity index (χ3n) is 4.33. The minimum Gasteiger partial charge on any atom is -0.311 e. The molecule has 1 N–H and O–H groups in total. The average molecular weight is 244 g/mol. The normalized spacial score (nSPS) is 29.4. The van der Waals surface area contributed by atoms with Crippen LogP contribution in [0.1, 0.15) is 37.8 Å². The molecule has 3 rings (SSSR count). The zero-order valence-electron chi connectivity index (χ0n) is 11.3. The molecule has 0 radical (unpaired) electrons. The highest BCUT2D eigenvalue weighted by molar-refractivity contribution is 5.20. The van der Waals surface area contributed by atoms with Gasteiger partial charge in [0.1, 0.15) is 0 Å². The Morgan fingerprint density at radius 1 is 1.22 bits per heavy atom. The summed E-state index contributed by atoms with van der Waals surface area (Å²) in [6.45, 7) is 5.87. The van der Waals surface area contributed by atoms with Gasteiger partial charge in [-0.15, -0.1) is 0 Å². The van der Waals surface area contributed by atoms with Gasteiger partial charge in [0.15, 0.2) is 0 Å². The quantitative estimate of drug-likeness (QED) is 0.876. The van der Waals surface area contributed by atoms with Gasteiger partial charge in [0.2, 0.25) is 0 Å². The number of piperazine rings is 1. The van der Waals surface area contributed by atoms with Gasteiger partial charge in [-0.1, -0.05) is 37.3 Å². The summed E-state index contributed by atoms with van der Waals surface area (Å²) >= 11 is 0. The first-order valence-electron chi connectivity index (χ1n) is 7.41. The molecular weight excluding hydrogens is 220 g/mol. The number of nitrogens with zero attached hydrogens (tertiary/aromatic N) is 1. The maximum absolute atomic E-state index is 3.78. The van der Waals surface area contributed by atoms with E-state index in [1.165, 1.54) is 37.9 Å². The summed E-state index contributed by atoms with van der Waals surface area (Å²) < 4.78 is 0. The topological polar surface area (TPSA) is 15.3 Å². The highest BCUT2D eigenvalue weighted by Gasteiger charge is 2.37. The maximum atomic E-state index is 3.78. The van der Waals surface area contributed by atoms with E-state index in [1.54, 1.807) is 0 Å². The van der Waals surface area contributed by atoms with Crippen molar-refractivity contribution >= 4 is 0 Å². The van der Waals surface area contributed by atoms with Crippen molar-refractivity contribution in [2.75, 3.05) is 19.6 Å². The standard InChI is InChI=1S/C16H24N2/c1-2-10-18-12-15(13-8-9-13)17-11-16(18)14-6-4-3-5-7-14/h3-7,13,15-17H,2,8-12H2,1H3. The fourth-order valence-electron chi connectivity index (χ4n) is 3.19. The first-order valence-corrected chi connectivity index (χ1v) is 7.41. The average Bonchev–Trinajstić information content (AvgIpc) is 3.24. The number of rotatable bonds is 4. The number of hydrogen-bond donors (Lipinski definition) is 1. The van der Waals surface area contributed by atoms with E-state index in [9.17, 15) is 0 Å². The minimum absolute atomic E-state index is 0.571. The first-order chi connectivity index (χ1) is 8.88. The molecule has 0 aromatic heterocycles. The smallest absolute Gasteiger partial charge is 0.0473 e. The Bertz CT molecular complexity index is 372. The number of benzene rings is 1. The van der Waals surface area contributed by atoms with Crippen LogP contribution in [0.2, 0.25) is 0 Å². The van der Waals surface area contributed by atoms with Gasteiger partial charge in [0.05, 0.1) is 0 Å². The molecule has 0 amide bonds. The molecule has 1 aromatic rings. The zero-order chi connectivity index (χ0) is 12.4. The molecule has 1 aromatic carbocycles. The van der Waals surface area contributed by atoms with E-state index in [1.807, 2.05) is 0 Å². The van der Waals surface area contributed by atoms with Crippen LogP contribution in [0.4, 0.5) is 0 Å². The molecule has 1 saturated heterocycles. The summed E-state index contributed by atoms with van der Waals surface area (Å²) in [5.41, 5.74) is 1.47. The Morgan fingerprint density at radius 2 is 2.00 bits per heavy atom. The van der Waals surface area contributed by atoms with Crippen LogP contribution < -0.4 is 5.32 Å². The van der Waals surface area contributed by atoms with Crippen LogP contribution in [-0.2, 0) is 0 Å². The summed E-state index contributed by atoms with van der Waals surface area (Å²) in [6, 6.07) is 12.3. The van der Waals surface area contributed by atoms with Gasteiger partial charge in [0.25, 0.3) is 0 Å². The molecule has 98 valence electrons. The fraction of sp³-hybridized carbons (Fsp3) is 0.625. The van der Waals surface area contributed by atoms with Crippen molar-refractivity contribution in [1.29, 1.82) is 0 Å². The number of hydrogen-bond acceptors (Lipinski definition) is 2. The van der Waals surface area contributed by atoms with Crippen LogP contribution in [0, 0.1) is 5.92 Å². The van der Waals surface area contributed by atoms with Gasteiger partial charge in [-0.2, -0.15) is 0 Å². The molecule has 1 saturated carbocycles. The fourth-order valence-corrected chi connectivity index (χ4v) is 3.19. The third kappa shape index (κ3) is 2.60. The Labute approximate surface area is 110 Å².